The SMILES string of the molecule is CCc1noc([C@H](C)N[C@H]2CCN(C(C)=O)C[C@@H]2CC)n1. The molecule has 0 saturated carbocycles. The van der Waals surface area contributed by atoms with Crippen LogP contribution in [0.3, 0.4) is 0 Å². The number of carbonyl (C=O) groups is 1. The van der Waals surface area contributed by atoms with Crippen LogP contribution in [0.4, 0.5) is 0 Å². The minimum absolute atomic E-state index is 0.0423. The maximum absolute atomic E-state index is 11.5. The molecule has 1 amide bonds. The van der Waals surface area contributed by atoms with E-state index in [-0.39, 0.29) is 11.9 Å². The molecule has 0 radical (unpaired) electrons. The lowest BCUT2D eigenvalue weighted by Gasteiger charge is -2.39. The zero-order chi connectivity index (χ0) is 15.4. The van der Waals surface area contributed by atoms with Crippen LogP contribution in [-0.2, 0) is 11.2 Å². The summed E-state index contributed by atoms with van der Waals surface area (Å²) in [6.45, 7) is 9.54. The van der Waals surface area contributed by atoms with Gasteiger partial charge in [0.15, 0.2) is 5.82 Å². The Morgan fingerprint density at radius 3 is 2.86 bits per heavy atom. The molecule has 0 bridgehead atoms. The van der Waals surface area contributed by atoms with Gasteiger partial charge in [-0.3, -0.25) is 4.79 Å². The molecule has 0 aromatic carbocycles. The second-order valence-electron chi connectivity index (χ2n) is 5.82. The summed E-state index contributed by atoms with van der Waals surface area (Å²) >= 11 is 0. The Morgan fingerprint density at radius 1 is 1.52 bits per heavy atom. The van der Waals surface area contributed by atoms with E-state index >= 15 is 0 Å². The summed E-state index contributed by atoms with van der Waals surface area (Å²) in [7, 11) is 0. The molecule has 1 aromatic heterocycles. The summed E-state index contributed by atoms with van der Waals surface area (Å²) in [6.07, 6.45) is 2.81. The minimum atomic E-state index is 0.0423. The van der Waals surface area contributed by atoms with Gasteiger partial charge in [0.1, 0.15) is 0 Å². The largest absolute Gasteiger partial charge is 0.343 e. The van der Waals surface area contributed by atoms with Crippen molar-refractivity contribution in [2.24, 2.45) is 5.92 Å². The zero-order valence-corrected chi connectivity index (χ0v) is 13.4. The van der Waals surface area contributed by atoms with Crippen LogP contribution in [0.25, 0.3) is 0 Å². The number of aromatic nitrogens is 2. The molecule has 2 heterocycles. The fourth-order valence-corrected chi connectivity index (χ4v) is 2.93. The maximum atomic E-state index is 11.5. The van der Waals surface area contributed by atoms with Gasteiger partial charge in [-0.05, 0) is 19.3 Å². The third-order valence-electron chi connectivity index (χ3n) is 4.34. The first-order chi connectivity index (χ1) is 10.0. The molecular weight excluding hydrogens is 268 g/mol. The van der Waals surface area contributed by atoms with Crippen molar-refractivity contribution in [3.8, 4) is 0 Å². The third kappa shape index (κ3) is 3.81. The quantitative estimate of drug-likeness (QED) is 0.898. The van der Waals surface area contributed by atoms with Crippen LogP contribution in [-0.4, -0.2) is 40.1 Å². The summed E-state index contributed by atoms with van der Waals surface area (Å²) in [5.41, 5.74) is 0. The maximum Gasteiger partial charge on any atom is 0.243 e. The Labute approximate surface area is 126 Å². The highest BCUT2D eigenvalue weighted by atomic mass is 16.5. The summed E-state index contributed by atoms with van der Waals surface area (Å²) < 4.78 is 5.30. The number of nitrogens with zero attached hydrogens (tertiary/aromatic N) is 3. The van der Waals surface area contributed by atoms with E-state index < -0.39 is 0 Å². The fraction of sp³-hybridized carbons (Fsp3) is 0.800. The third-order valence-corrected chi connectivity index (χ3v) is 4.34. The van der Waals surface area contributed by atoms with Crippen LogP contribution in [0.2, 0.25) is 0 Å². The highest BCUT2D eigenvalue weighted by Crippen LogP contribution is 2.23. The van der Waals surface area contributed by atoms with Crippen molar-refractivity contribution in [1.82, 2.24) is 20.4 Å². The number of carbonyl (C=O) groups excluding carboxylic acids is 1. The van der Waals surface area contributed by atoms with E-state index in [0.717, 1.165) is 38.2 Å². The van der Waals surface area contributed by atoms with Crippen molar-refractivity contribution in [3.05, 3.63) is 11.7 Å². The molecule has 2 rings (SSSR count). The van der Waals surface area contributed by atoms with Crippen LogP contribution in [0.5, 0.6) is 0 Å². The Bertz CT molecular complexity index is 474. The Balaban J connectivity index is 1.96. The van der Waals surface area contributed by atoms with Crippen LogP contribution >= 0.6 is 0 Å². The van der Waals surface area contributed by atoms with Gasteiger partial charge in [0.2, 0.25) is 11.8 Å². The highest BCUT2D eigenvalue weighted by Gasteiger charge is 2.30. The normalized spacial score (nSPS) is 24.1. The molecule has 1 aliphatic heterocycles. The van der Waals surface area contributed by atoms with Crippen molar-refractivity contribution >= 4 is 5.91 Å². The van der Waals surface area contributed by atoms with Crippen molar-refractivity contribution in [1.29, 1.82) is 0 Å². The number of likely N-dealkylation sites (tertiary alicyclic amines) is 1. The number of hydrogen-bond donors (Lipinski definition) is 1. The van der Waals surface area contributed by atoms with E-state index in [2.05, 4.69) is 29.3 Å². The van der Waals surface area contributed by atoms with Gasteiger partial charge in [0.05, 0.1) is 6.04 Å². The molecule has 1 aromatic rings. The number of amides is 1. The minimum Gasteiger partial charge on any atom is -0.343 e. The lowest BCUT2D eigenvalue weighted by molar-refractivity contribution is -0.131. The standard InChI is InChI=1S/C15H26N4O2/c1-5-12-9-19(11(4)20)8-7-13(12)16-10(3)15-17-14(6-2)18-21-15/h10,12-13,16H,5-9H2,1-4H3/t10-,12-,13-/m0/s1. The van der Waals surface area contributed by atoms with Crippen LogP contribution < -0.4 is 5.32 Å². The van der Waals surface area contributed by atoms with Gasteiger partial charge in [-0.1, -0.05) is 25.4 Å². The zero-order valence-electron chi connectivity index (χ0n) is 13.4. The van der Waals surface area contributed by atoms with E-state index in [4.69, 9.17) is 4.52 Å². The molecule has 1 N–H and O–H groups in total. The van der Waals surface area contributed by atoms with Gasteiger partial charge in [-0.2, -0.15) is 4.98 Å². The topological polar surface area (TPSA) is 71.3 Å². The van der Waals surface area contributed by atoms with Crippen molar-refractivity contribution < 1.29 is 9.32 Å². The molecule has 0 aliphatic carbocycles. The van der Waals surface area contributed by atoms with Gasteiger partial charge < -0.3 is 14.7 Å². The predicted octanol–water partition coefficient (Wildman–Crippen LogP) is 1.93. The molecular formula is C15H26N4O2. The first kappa shape index (κ1) is 15.9. The molecule has 3 atom stereocenters. The lowest BCUT2D eigenvalue weighted by atomic mass is 9.89. The highest BCUT2D eigenvalue weighted by molar-refractivity contribution is 5.73. The number of piperidine rings is 1. The molecule has 1 fully saturated rings. The molecule has 6 nitrogen and oxygen atoms in total. The number of nitrogens with one attached hydrogen (secondary N) is 1. The lowest BCUT2D eigenvalue weighted by Crippen LogP contribution is -2.50. The molecule has 1 saturated heterocycles. The molecule has 0 unspecified atom stereocenters. The second-order valence-corrected chi connectivity index (χ2v) is 5.82. The van der Waals surface area contributed by atoms with E-state index in [1.54, 1.807) is 6.92 Å². The number of rotatable bonds is 5. The van der Waals surface area contributed by atoms with Crippen molar-refractivity contribution in [2.75, 3.05) is 13.1 Å². The van der Waals surface area contributed by atoms with E-state index in [9.17, 15) is 4.79 Å². The molecule has 21 heavy (non-hydrogen) atoms. The Kier molecular flexibility index (Phi) is 5.33. The molecule has 6 heteroatoms. The molecule has 0 spiro atoms. The van der Waals surface area contributed by atoms with Crippen LogP contribution in [0.15, 0.2) is 4.52 Å². The monoisotopic (exact) mass is 294 g/mol. The van der Waals surface area contributed by atoms with Crippen molar-refractivity contribution in [3.63, 3.8) is 0 Å². The van der Waals surface area contributed by atoms with Gasteiger partial charge in [-0.25, -0.2) is 0 Å². The average molecular weight is 294 g/mol. The Hall–Kier alpha value is -1.43. The van der Waals surface area contributed by atoms with Gasteiger partial charge >= 0.3 is 0 Å². The molecule has 118 valence electrons. The summed E-state index contributed by atoms with van der Waals surface area (Å²) in [6, 6.07) is 0.429. The van der Waals surface area contributed by atoms with E-state index in [0.29, 0.717) is 17.9 Å². The van der Waals surface area contributed by atoms with Crippen molar-refractivity contribution in [2.45, 2.75) is 59.0 Å². The van der Waals surface area contributed by atoms with Crippen LogP contribution in [0, 0.1) is 5.92 Å². The van der Waals surface area contributed by atoms with Crippen LogP contribution in [0.1, 0.15) is 58.3 Å². The van der Waals surface area contributed by atoms with Gasteiger partial charge in [0, 0.05) is 32.5 Å². The fourth-order valence-electron chi connectivity index (χ4n) is 2.93. The predicted molar refractivity (Wildman–Crippen MR) is 79.7 cm³/mol. The summed E-state index contributed by atoms with van der Waals surface area (Å²) in [5, 5.41) is 7.54. The van der Waals surface area contributed by atoms with Gasteiger partial charge in [0.25, 0.3) is 0 Å². The Morgan fingerprint density at radius 2 is 2.29 bits per heavy atom. The average Bonchev–Trinajstić information content (AvgIpc) is 2.96. The number of aryl methyl sites for hydroxylation is 1. The van der Waals surface area contributed by atoms with E-state index in [1.165, 1.54) is 0 Å². The second kappa shape index (κ2) is 7.02. The molecule has 1 aliphatic rings. The summed E-state index contributed by atoms with van der Waals surface area (Å²) in [5.74, 6) is 2.04. The first-order valence-electron chi connectivity index (χ1n) is 7.89. The van der Waals surface area contributed by atoms with E-state index in [1.807, 2.05) is 11.8 Å². The smallest absolute Gasteiger partial charge is 0.243 e. The van der Waals surface area contributed by atoms with Gasteiger partial charge in [-0.15, -0.1) is 0 Å². The first-order valence-corrected chi connectivity index (χ1v) is 7.89. The summed E-state index contributed by atoms with van der Waals surface area (Å²) in [4.78, 5) is 17.8. The number of hydrogen-bond acceptors (Lipinski definition) is 5.